The van der Waals surface area contributed by atoms with Gasteiger partial charge in [0, 0.05) is 23.5 Å². The minimum atomic E-state index is 0.360. The number of H-pyrrole nitrogens is 1. The van der Waals surface area contributed by atoms with Crippen LogP contribution in [0, 0.1) is 0 Å². The third-order valence-corrected chi connectivity index (χ3v) is 3.08. The molecule has 0 bridgehead atoms. The Kier molecular flexibility index (Phi) is 3.40. The molecule has 0 saturated heterocycles. The van der Waals surface area contributed by atoms with Gasteiger partial charge in [-0.05, 0) is 24.0 Å². The summed E-state index contributed by atoms with van der Waals surface area (Å²) in [4.78, 5) is 14.0. The number of carbonyl (C=O) groups excluding carboxylic acids is 1. The fraction of sp³-hybridized carbons (Fsp3) is 0.357. The van der Waals surface area contributed by atoms with Crippen LogP contribution in [-0.4, -0.2) is 11.3 Å². The van der Waals surface area contributed by atoms with E-state index in [4.69, 9.17) is 0 Å². The first-order valence-corrected chi connectivity index (χ1v) is 5.86. The summed E-state index contributed by atoms with van der Waals surface area (Å²) in [6.07, 6.45) is 5.88. The fourth-order valence-corrected chi connectivity index (χ4v) is 2.30. The lowest BCUT2D eigenvalue weighted by atomic mass is 9.92. The Balaban J connectivity index is 2.39. The molecule has 0 radical (unpaired) electrons. The highest BCUT2D eigenvalue weighted by Crippen LogP contribution is 2.30. The Morgan fingerprint density at radius 2 is 2.19 bits per heavy atom. The molecule has 0 spiro atoms. The maximum absolute atomic E-state index is 10.7. The topological polar surface area (TPSA) is 32.9 Å². The van der Waals surface area contributed by atoms with Gasteiger partial charge >= 0.3 is 0 Å². The monoisotopic (exact) mass is 215 g/mol. The lowest BCUT2D eigenvalue weighted by Gasteiger charge is -2.11. The number of para-hydroxylation sites is 1. The van der Waals surface area contributed by atoms with Gasteiger partial charge < -0.3 is 9.78 Å². The predicted octanol–water partition coefficient (Wildman–Crippen LogP) is 3.64. The number of hydrogen-bond acceptors (Lipinski definition) is 1. The molecule has 0 amide bonds. The van der Waals surface area contributed by atoms with Crippen LogP contribution in [0.1, 0.15) is 37.7 Å². The van der Waals surface area contributed by atoms with Gasteiger partial charge in [-0.15, -0.1) is 0 Å². The highest BCUT2D eigenvalue weighted by atomic mass is 16.1. The van der Waals surface area contributed by atoms with E-state index in [2.05, 4.69) is 30.2 Å². The highest BCUT2D eigenvalue weighted by molar-refractivity contribution is 5.83. The lowest BCUT2D eigenvalue weighted by Crippen LogP contribution is -1.98. The van der Waals surface area contributed by atoms with E-state index in [1.54, 1.807) is 0 Å². The van der Waals surface area contributed by atoms with Crippen molar-refractivity contribution in [2.24, 2.45) is 0 Å². The normalized spacial score (nSPS) is 12.8. The van der Waals surface area contributed by atoms with Crippen molar-refractivity contribution in [3.63, 3.8) is 0 Å². The summed E-state index contributed by atoms with van der Waals surface area (Å²) in [6, 6.07) is 8.26. The summed E-state index contributed by atoms with van der Waals surface area (Å²) in [6.45, 7) is 2.16. The first-order chi connectivity index (χ1) is 7.86. The summed E-state index contributed by atoms with van der Waals surface area (Å²) in [5.74, 6) is 0.360. The van der Waals surface area contributed by atoms with Crippen molar-refractivity contribution in [2.75, 3.05) is 0 Å². The van der Waals surface area contributed by atoms with Gasteiger partial charge in [-0.1, -0.05) is 31.5 Å². The minimum absolute atomic E-state index is 0.360. The second kappa shape index (κ2) is 4.97. The van der Waals surface area contributed by atoms with E-state index in [9.17, 15) is 4.79 Å². The largest absolute Gasteiger partial charge is 0.361 e. The van der Waals surface area contributed by atoms with Gasteiger partial charge in [-0.2, -0.15) is 0 Å². The first-order valence-electron chi connectivity index (χ1n) is 5.86. The molecule has 2 heteroatoms. The van der Waals surface area contributed by atoms with Crippen LogP contribution in [0.25, 0.3) is 10.9 Å². The van der Waals surface area contributed by atoms with Crippen molar-refractivity contribution in [2.45, 2.75) is 32.1 Å². The Morgan fingerprint density at radius 3 is 2.94 bits per heavy atom. The van der Waals surface area contributed by atoms with Gasteiger partial charge in [0.1, 0.15) is 6.29 Å². The van der Waals surface area contributed by atoms with Crippen LogP contribution >= 0.6 is 0 Å². The summed E-state index contributed by atoms with van der Waals surface area (Å²) >= 11 is 0. The number of carbonyl (C=O) groups is 1. The molecule has 0 saturated carbocycles. The average Bonchev–Trinajstić information content (AvgIpc) is 2.72. The molecule has 1 N–H and O–H groups in total. The van der Waals surface area contributed by atoms with Gasteiger partial charge in [0.2, 0.25) is 0 Å². The summed E-state index contributed by atoms with van der Waals surface area (Å²) in [5, 5.41) is 1.25. The zero-order valence-electron chi connectivity index (χ0n) is 9.57. The van der Waals surface area contributed by atoms with Crippen molar-refractivity contribution < 1.29 is 4.79 Å². The third-order valence-electron chi connectivity index (χ3n) is 3.08. The van der Waals surface area contributed by atoms with Crippen molar-refractivity contribution >= 4 is 17.2 Å². The number of aromatic nitrogens is 1. The summed E-state index contributed by atoms with van der Waals surface area (Å²) in [7, 11) is 0. The molecule has 1 aromatic carbocycles. The molecule has 1 aromatic heterocycles. The van der Waals surface area contributed by atoms with E-state index in [0.29, 0.717) is 12.3 Å². The van der Waals surface area contributed by atoms with Gasteiger partial charge in [0.25, 0.3) is 0 Å². The molecule has 16 heavy (non-hydrogen) atoms. The Bertz CT molecular complexity index is 472. The van der Waals surface area contributed by atoms with Crippen molar-refractivity contribution in [3.05, 3.63) is 36.0 Å². The average molecular weight is 215 g/mol. The number of aldehydes is 1. The standard InChI is InChI=1S/C14H17NO/c1-2-5-11(8-9-16)13-10-15-14-7-4-3-6-12(13)14/h3-4,6-7,9-11,15H,2,5,8H2,1H3/t11-/m1/s1. The zero-order valence-corrected chi connectivity index (χ0v) is 9.57. The van der Waals surface area contributed by atoms with Gasteiger partial charge in [0.15, 0.2) is 0 Å². The molecule has 0 fully saturated rings. The van der Waals surface area contributed by atoms with Gasteiger partial charge in [-0.3, -0.25) is 0 Å². The number of fused-ring (bicyclic) bond motifs is 1. The maximum Gasteiger partial charge on any atom is 0.120 e. The van der Waals surface area contributed by atoms with Crippen LogP contribution in [0.3, 0.4) is 0 Å². The number of hydrogen-bond donors (Lipinski definition) is 1. The molecule has 0 aliphatic rings. The van der Waals surface area contributed by atoms with E-state index < -0.39 is 0 Å². The molecule has 2 aromatic rings. The summed E-state index contributed by atoms with van der Waals surface area (Å²) in [5.41, 5.74) is 2.44. The van der Waals surface area contributed by atoms with Gasteiger partial charge in [-0.25, -0.2) is 0 Å². The Hall–Kier alpha value is -1.57. The van der Waals surface area contributed by atoms with E-state index in [1.807, 2.05) is 12.1 Å². The molecule has 0 aliphatic heterocycles. The van der Waals surface area contributed by atoms with Crippen LogP contribution in [0.5, 0.6) is 0 Å². The molecular formula is C14H17NO. The smallest absolute Gasteiger partial charge is 0.120 e. The SMILES string of the molecule is CCC[C@H](CC=O)c1c[nH]c2ccccc12. The van der Waals surface area contributed by atoms with Crippen molar-refractivity contribution in [3.8, 4) is 0 Å². The van der Waals surface area contributed by atoms with Crippen LogP contribution in [-0.2, 0) is 4.79 Å². The maximum atomic E-state index is 10.7. The van der Waals surface area contributed by atoms with Crippen LogP contribution in [0.15, 0.2) is 30.5 Å². The predicted molar refractivity (Wildman–Crippen MR) is 66.6 cm³/mol. The van der Waals surface area contributed by atoms with Crippen molar-refractivity contribution in [1.82, 2.24) is 4.98 Å². The van der Waals surface area contributed by atoms with Gasteiger partial charge in [0.05, 0.1) is 0 Å². The molecular weight excluding hydrogens is 198 g/mol. The van der Waals surface area contributed by atoms with E-state index >= 15 is 0 Å². The Labute approximate surface area is 95.7 Å². The highest BCUT2D eigenvalue weighted by Gasteiger charge is 2.14. The molecule has 0 aliphatic carbocycles. The second-order valence-electron chi connectivity index (χ2n) is 4.18. The number of rotatable bonds is 5. The molecule has 84 valence electrons. The minimum Gasteiger partial charge on any atom is -0.361 e. The fourth-order valence-electron chi connectivity index (χ4n) is 2.30. The Morgan fingerprint density at radius 1 is 1.38 bits per heavy atom. The lowest BCUT2D eigenvalue weighted by molar-refractivity contribution is -0.108. The molecule has 0 unspecified atom stereocenters. The zero-order chi connectivity index (χ0) is 11.4. The van der Waals surface area contributed by atoms with Crippen LogP contribution < -0.4 is 0 Å². The van der Waals surface area contributed by atoms with E-state index in [0.717, 1.165) is 24.6 Å². The van der Waals surface area contributed by atoms with Crippen LogP contribution in [0.2, 0.25) is 0 Å². The number of nitrogens with one attached hydrogen (secondary N) is 1. The summed E-state index contributed by atoms with van der Waals surface area (Å²) < 4.78 is 0. The molecule has 2 nitrogen and oxygen atoms in total. The van der Waals surface area contributed by atoms with Crippen molar-refractivity contribution in [1.29, 1.82) is 0 Å². The molecule has 1 atom stereocenters. The van der Waals surface area contributed by atoms with E-state index in [1.165, 1.54) is 10.9 Å². The quantitative estimate of drug-likeness (QED) is 0.759. The molecule has 1 heterocycles. The number of aromatic amines is 1. The number of benzene rings is 1. The van der Waals surface area contributed by atoms with Crippen LogP contribution in [0.4, 0.5) is 0 Å². The molecule has 2 rings (SSSR count). The third kappa shape index (κ3) is 2.01. The first kappa shape index (κ1) is 10.9. The van der Waals surface area contributed by atoms with E-state index in [-0.39, 0.29) is 0 Å². The second-order valence-corrected chi connectivity index (χ2v) is 4.18.